The maximum absolute atomic E-state index is 12.6. The molecule has 2 bridgehead atoms. The monoisotopic (exact) mass is 363 g/mol. The Morgan fingerprint density at radius 3 is 2.72 bits per heavy atom. The average Bonchev–Trinajstić information content (AvgIpc) is 3.21. The van der Waals surface area contributed by atoms with Crippen molar-refractivity contribution in [1.29, 1.82) is 0 Å². The molecule has 0 aliphatic heterocycles. The number of aromatic amines is 1. The van der Waals surface area contributed by atoms with E-state index in [1.165, 1.54) is 44.5 Å². The molecule has 2 fully saturated rings. The van der Waals surface area contributed by atoms with Crippen molar-refractivity contribution in [2.45, 2.75) is 30.6 Å². The molecular weight excluding hydrogens is 342 g/mol. The Labute approximate surface area is 145 Å². The van der Waals surface area contributed by atoms with Crippen LogP contribution >= 0.6 is 0 Å². The molecule has 2 aliphatic rings. The fourth-order valence-corrected chi connectivity index (χ4v) is 5.50. The van der Waals surface area contributed by atoms with Gasteiger partial charge in [0.2, 0.25) is 10.0 Å². The summed E-state index contributed by atoms with van der Waals surface area (Å²) in [5, 5.41) is 0.185. The molecule has 2 N–H and O–H groups in total. The second-order valence-corrected chi connectivity index (χ2v) is 9.06. The van der Waals surface area contributed by atoms with Crippen molar-refractivity contribution in [2.75, 3.05) is 6.54 Å². The largest absolute Gasteiger partial charge is 0.328 e. The van der Waals surface area contributed by atoms with Gasteiger partial charge in [-0.3, -0.25) is 9.36 Å². The van der Waals surface area contributed by atoms with Gasteiger partial charge in [-0.2, -0.15) is 0 Å². The van der Waals surface area contributed by atoms with E-state index >= 15 is 0 Å². The summed E-state index contributed by atoms with van der Waals surface area (Å²) in [4.78, 5) is 26.4. The minimum atomic E-state index is -3.69. The number of fused-ring (bicyclic) bond motifs is 3. The fraction of sp³-hybridized carbons (Fsp3) is 0.529. The highest BCUT2D eigenvalue weighted by Crippen LogP contribution is 2.48. The summed E-state index contributed by atoms with van der Waals surface area (Å²) < 4.78 is 28.9. The standard InChI is InChI=1S/C17H21N3O4S/c1-20-16(21)14-8-13(4-5-15(14)19-17(20)22)25(23,24)18-9-12-7-10-2-3-11(12)6-10/h4-5,8,10-12,18H,2-3,6-7,9H2,1H3,(H,19,22)/t10-,11+,12+/m0/s1. The van der Waals surface area contributed by atoms with E-state index in [0.717, 1.165) is 16.9 Å². The van der Waals surface area contributed by atoms with Crippen LogP contribution in [0.4, 0.5) is 0 Å². The summed E-state index contributed by atoms with van der Waals surface area (Å²) in [6.07, 6.45) is 4.81. The topological polar surface area (TPSA) is 101 Å². The van der Waals surface area contributed by atoms with Crippen LogP contribution in [0, 0.1) is 17.8 Å². The molecule has 2 aromatic rings. The Morgan fingerprint density at radius 2 is 2.04 bits per heavy atom. The van der Waals surface area contributed by atoms with Crippen LogP contribution in [0.15, 0.2) is 32.7 Å². The molecule has 134 valence electrons. The van der Waals surface area contributed by atoms with E-state index in [1.807, 2.05) is 0 Å². The van der Waals surface area contributed by atoms with E-state index in [4.69, 9.17) is 0 Å². The molecule has 1 aromatic carbocycles. The molecule has 2 aliphatic carbocycles. The van der Waals surface area contributed by atoms with Gasteiger partial charge in [-0.25, -0.2) is 17.9 Å². The van der Waals surface area contributed by atoms with Crippen molar-refractivity contribution in [2.24, 2.45) is 24.8 Å². The van der Waals surface area contributed by atoms with E-state index in [9.17, 15) is 18.0 Å². The Kier molecular flexibility index (Phi) is 3.84. The second-order valence-electron chi connectivity index (χ2n) is 7.29. The van der Waals surface area contributed by atoms with Crippen molar-refractivity contribution in [3.8, 4) is 0 Å². The lowest BCUT2D eigenvalue weighted by molar-refractivity contribution is 0.333. The molecule has 1 heterocycles. The number of hydrogen-bond donors (Lipinski definition) is 2. The minimum absolute atomic E-state index is 0.0484. The predicted octanol–water partition coefficient (Wildman–Crippen LogP) is 0.941. The molecule has 2 saturated carbocycles. The summed E-state index contributed by atoms with van der Waals surface area (Å²) in [5.74, 6) is 1.82. The number of nitrogens with zero attached hydrogens (tertiary/aromatic N) is 1. The van der Waals surface area contributed by atoms with Crippen LogP contribution in [0.2, 0.25) is 0 Å². The molecular formula is C17H21N3O4S. The molecule has 4 rings (SSSR count). The number of aromatic nitrogens is 2. The van der Waals surface area contributed by atoms with Crippen molar-refractivity contribution in [1.82, 2.24) is 14.3 Å². The van der Waals surface area contributed by atoms with Crippen LogP contribution in [-0.2, 0) is 17.1 Å². The van der Waals surface area contributed by atoms with Gasteiger partial charge >= 0.3 is 5.69 Å². The summed E-state index contributed by atoms with van der Waals surface area (Å²) in [7, 11) is -2.33. The first-order valence-corrected chi connectivity index (χ1v) is 10.1. The maximum Gasteiger partial charge on any atom is 0.328 e. The Bertz CT molecular complexity index is 1050. The molecule has 25 heavy (non-hydrogen) atoms. The van der Waals surface area contributed by atoms with Crippen LogP contribution in [0.1, 0.15) is 25.7 Å². The number of hydrogen-bond acceptors (Lipinski definition) is 4. The van der Waals surface area contributed by atoms with Gasteiger partial charge < -0.3 is 4.98 Å². The zero-order valence-corrected chi connectivity index (χ0v) is 14.8. The lowest BCUT2D eigenvalue weighted by atomic mass is 9.89. The molecule has 0 unspecified atom stereocenters. The van der Waals surface area contributed by atoms with Gasteiger partial charge in [0.1, 0.15) is 0 Å². The van der Waals surface area contributed by atoms with Crippen LogP contribution in [0.3, 0.4) is 0 Å². The smallest absolute Gasteiger partial charge is 0.307 e. The fourth-order valence-electron chi connectivity index (χ4n) is 4.37. The molecule has 3 atom stereocenters. The van der Waals surface area contributed by atoms with E-state index in [2.05, 4.69) is 9.71 Å². The van der Waals surface area contributed by atoms with Gasteiger partial charge in [-0.15, -0.1) is 0 Å². The van der Waals surface area contributed by atoms with E-state index < -0.39 is 21.3 Å². The third-order valence-corrected chi connectivity index (χ3v) is 7.22. The van der Waals surface area contributed by atoms with Crippen LogP contribution < -0.4 is 16.0 Å². The first kappa shape index (κ1) is 16.5. The van der Waals surface area contributed by atoms with E-state index in [1.54, 1.807) is 0 Å². The average molecular weight is 363 g/mol. The van der Waals surface area contributed by atoms with Crippen LogP contribution in [0.25, 0.3) is 10.9 Å². The Morgan fingerprint density at radius 1 is 1.24 bits per heavy atom. The van der Waals surface area contributed by atoms with Gasteiger partial charge in [0.05, 0.1) is 15.8 Å². The highest BCUT2D eigenvalue weighted by Gasteiger charge is 2.39. The lowest BCUT2D eigenvalue weighted by Crippen LogP contribution is -2.33. The Hall–Kier alpha value is -1.93. The van der Waals surface area contributed by atoms with Crippen molar-refractivity contribution in [3.05, 3.63) is 39.0 Å². The molecule has 8 heteroatoms. The number of rotatable bonds is 4. The second kappa shape index (κ2) is 5.81. The molecule has 0 amide bonds. The third kappa shape index (κ3) is 2.83. The zero-order chi connectivity index (χ0) is 17.8. The van der Waals surface area contributed by atoms with Gasteiger partial charge in [0.25, 0.3) is 5.56 Å². The third-order valence-electron chi connectivity index (χ3n) is 5.80. The summed E-state index contributed by atoms with van der Waals surface area (Å²) in [6.45, 7) is 0.450. The molecule has 0 radical (unpaired) electrons. The molecule has 7 nitrogen and oxygen atoms in total. The normalized spacial score (nSPS) is 25.7. The van der Waals surface area contributed by atoms with Gasteiger partial charge in [-0.05, 0) is 55.2 Å². The lowest BCUT2D eigenvalue weighted by Gasteiger charge is -2.21. The summed E-state index contributed by atoms with van der Waals surface area (Å²) >= 11 is 0. The SMILES string of the molecule is Cn1c(=O)[nH]c2ccc(S(=O)(=O)NC[C@H]3C[C@H]4CC[C@@H]3C4)cc2c1=O. The summed E-state index contributed by atoms with van der Waals surface area (Å²) in [5.41, 5.74) is -0.702. The number of benzene rings is 1. The first-order valence-electron chi connectivity index (χ1n) is 8.58. The quantitative estimate of drug-likeness (QED) is 0.844. The van der Waals surface area contributed by atoms with Gasteiger partial charge in [0, 0.05) is 13.6 Å². The van der Waals surface area contributed by atoms with E-state index in [-0.39, 0.29) is 10.3 Å². The van der Waals surface area contributed by atoms with Crippen LogP contribution in [0.5, 0.6) is 0 Å². The minimum Gasteiger partial charge on any atom is -0.307 e. The Balaban J connectivity index is 1.61. The molecule has 0 saturated heterocycles. The number of sulfonamides is 1. The van der Waals surface area contributed by atoms with Crippen molar-refractivity contribution in [3.63, 3.8) is 0 Å². The number of H-pyrrole nitrogens is 1. The van der Waals surface area contributed by atoms with Gasteiger partial charge in [0.15, 0.2) is 0 Å². The predicted molar refractivity (Wildman–Crippen MR) is 93.9 cm³/mol. The molecule has 0 spiro atoms. The summed E-state index contributed by atoms with van der Waals surface area (Å²) in [6, 6.07) is 4.21. The van der Waals surface area contributed by atoms with Crippen molar-refractivity contribution < 1.29 is 8.42 Å². The highest BCUT2D eigenvalue weighted by atomic mass is 32.2. The first-order chi connectivity index (χ1) is 11.8. The molecule has 1 aromatic heterocycles. The zero-order valence-electron chi connectivity index (χ0n) is 14.0. The van der Waals surface area contributed by atoms with Crippen molar-refractivity contribution >= 4 is 20.9 Å². The van der Waals surface area contributed by atoms with Crippen LogP contribution in [-0.4, -0.2) is 24.5 Å². The van der Waals surface area contributed by atoms with Gasteiger partial charge in [-0.1, -0.05) is 6.42 Å². The van der Waals surface area contributed by atoms with E-state index in [0.29, 0.717) is 23.9 Å². The highest BCUT2D eigenvalue weighted by molar-refractivity contribution is 7.89. The maximum atomic E-state index is 12.6. The number of nitrogens with one attached hydrogen (secondary N) is 2.